The Balaban J connectivity index is 1.59. The lowest BCUT2D eigenvalue weighted by atomic mass is 10.2. The van der Waals surface area contributed by atoms with Crippen LogP contribution in [0.25, 0.3) is 0 Å². The number of carbonyl (C=O) groups excluding carboxylic acids is 2. The molecule has 0 saturated heterocycles. The lowest BCUT2D eigenvalue weighted by Gasteiger charge is -2.09. The second kappa shape index (κ2) is 8.77. The maximum absolute atomic E-state index is 13.1. The maximum atomic E-state index is 13.1. The highest BCUT2D eigenvalue weighted by molar-refractivity contribution is 6.02. The summed E-state index contributed by atoms with van der Waals surface area (Å²) in [5.74, 6) is -0.961. The highest BCUT2D eigenvalue weighted by Crippen LogP contribution is 2.27. The Labute approximate surface area is 172 Å². The summed E-state index contributed by atoms with van der Waals surface area (Å²) in [6.45, 7) is 1.43. The number of aromatic nitrogens is 2. The van der Waals surface area contributed by atoms with Crippen LogP contribution in [0.5, 0.6) is 5.75 Å². The summed E-state index contributed by atoms with van der Waals surface area (Å²) in [4.78, 5) is 25.4. The third-order valence-corrected chi connectivity index (χ3v) is 4.76. The van der Waals surface area contributed by atoms with Crippen LogP contribution >= 0.6 is 0 Å². The van der Waals surface area contributed by atoms with Crippen molar-refractivity contribution in [2.24, 2.45) is 0 Å². The molecule has 2 aromatic carbocycles. The van der Waals surface area contributed by atoms with E-state index in [2.05, 4.69) is 15.7 Å². The number of halogens is 1. The summed E-state index contributed by atoms with van der Waals surface area (Å²) in [7, 11) is 0. The first-order chi connectivity index (χ1) is 14.6. The first-order valence-electron chi connectivity index (χ1n) is 9.70. The molecule has 1 aromatic heterocycles. The summed E-state index contributed by atoms with van der Waals surface area (Å²) >= 11 is 0. The number of carbonyl (C=O) groups is 2. The second-order valence-corrected chi connectivity index (χ2v) is 6.94. The quantitative estimate of drug-likeness (QED) is 0.657. The number of nitrogens with one attached hydrogen (secondary N) is 2. The van der Waals surface area contributed by atoms with Crippen molar-refractivity contribution in [2.75, 3.05) is 6.54 Å². The molecule has 0 atom stereocenters. The van der Waals surface area contributed by atoms with Gasteiger partial charge in [0.15, 0.2) is 17.1 Å². The number of rotatable bonds is 6. The third-order valence-electron chi connectivity index (χ3n) is 4.76. The molecule has 0 spiro atoms. The fourth-order valence-corrected chi connectivity index (χ4v) is 3.23. The Morgan fingerprint density at radius 1 is 1.13 bits per heavy atom. The van der Waals surface area contributed by atoms with E-state index in [9.17, 15) is 14.0 Å². The smallest absolute Gasteiger partial charge is 0.275 e. The molecule has 1 aliphatic heterocycles. The second-order valence-electron chi connectivity index (χ2n) is 6.94. The zero-order valence-corrected chi connectivity index (χ0v) is 16.2. The molecule has 2 N–H and O–H groups in total. The Morgan fingerprint density at radius 3 is 2.67 bits per heavy atom. The van der Waals surface area contributed by atoms with Crippen molar-refractivity contribution in [1.29, 1.82) is 0 Å². The largest absolute Gasteiger partial charge is 0.484 e. The van der Waals surface area contributed by atoms with Gasteiger partial charge in [0.2, 0.25) is 0 Å². The summed E-state index contributed by atoms with van der Waals surface area (Å²) in [6.07, 6.45) is 0.704. The first kappa shape index (κ1) is 19.6. The van der Waals surface area contributed by atoms with Crippen LogP contribution in [0.15, 0.2) is 54.6 Å². The van der Waals surface area contributed by atoms with Gasteiger partial charge >= 0.3 is 0 Å². The van der Waals surface area contributed by atoms with Crippen LogP contribution in [-0.2, 0) is 19.7 Å². The van der Waals surface area contributed by atoms with Gasteiger partial charge in [-0.25, -0.2) is 4.39 Å². The van der Waals surface area contributed by atoms with Crippen LogP contribution in [0.1, 0.15) is 38.5 Å². The molecule has 2 heterocycles. The van der Waals surface area contributed by atoms with E-state index in [1.165, 1.54) is 16.8 Å². The molecule has 8 heteroatoms. The van der Waals surface area contributed by atoms with Gasteiger partial charge in [0.25, 0.3) is 11.8 Å². The summed E-state index contributed by atoms with van der Waals surface area (Å²) in [5, 5.41) is 9.93. The van der Waals surface area contributed by atoms with Crippen molar-refractivity contribution in [3.63, 3.8) is 0 Å². The number of aryl methyl sites for hydroxylation is 1. The van der Waals surface area contributed by atoms with E-state index in [1.807, 2.05) is 30.3 Å². The van der Waals surface area contributed by atoms with Gasteiger partial charge in [-0.15, -0.1) is 0 Å². The molecular formula is C22H21FN4O3. The Hall–Kier alpha value is -3.68. The molecule has 2 amide bonds. The summed E-state index contributed by atoms with van der Waals surface area (Å²) in [5.41, 5.74) is 1.95. The standard InChI is InChI=1S/C22H21FN4O3/c23-17-9-7-15(8-10-17)13-25-21(28)18-20(30-14-16-5-2-1-3-6-16)19-22(29)24-11-4-12-27(19)26-18/h1-3,5-10H,4,11-14H2,(H,24,29)(H,25,28). The van der Waals surface area contributed by atoms with Gasteiger partial charge in [0.05, 0.1) is 0 Å². The van der Waals surface area contributed by atoms with E-state index in [0.717, 1.165) is 11.1 Å². The molecule has 0 fully saturated rings. The molecule has 7 nitrogen and oxygen atoms in total. The van der Waals surface area contributed by atoms with Gasteiger partial charge in [-0.05, 0) is 29.7 Å². The number of fused-ring (bicyclic) bond motifs is 1. The topological polar surface area (TPSA) is 85.2 Å². The average Bonchev–Trinajstić information content (AvgIpc) is 3.03. The predicted octanol–water partition coefficient (Wildman–Crippen LogP) is 2.66. The van der Waals surface area contributed by atoms with E-state index in [1.54, 1.807) is 12.1 Å². The van der Waals surface area contributed by atoms with Crippen LogP contribution in [0.3, 0.4) is 0 Å². The highest BCUT2D eigenvalue weighted by atomic mass is 19.1. The van der Waals surface area contributed by atoms with Crippen molar-refractivity contribution >= 4 is 11.8 Å². The van der Waals surface area contributed by atoms with E-state index in [4.69, 9.17) is 4.74 Å². The molecular weight excluding hydrogens is 387 g/mol. The molecule has 1 aliphatic rings. The number of nitrogens with zero attached hydrogens (tertiary/aromatic N) is 2. The molecule has 30 heavy (non-hydrogen) atoms. The van der Waals surface area contributed by atoms with E-state index in [-0.39, 0.29) is 42.0 Å². The Morgan fingerprint density at radius 2 is 1.90 bits per heavy atom. The van der Waals surface area contributed by atoms with Crippen molar-refractivity contribution in [2.45, 2.75) is 26.1 Å². The molecule has 0 radical (unpaired) electrons. The minimum absolute atomic E-state index is 0.0556. The minimum atomic E-state index is -0.462. The van der Waals surface area contributed by atoms with E-state index in [0.29, 0.717) is 19.5 Å². The molecule has 4 rings (SSSR count). The van der Waals surface area contributed by atoms with Crippen LogP contribution < -0.4 is 15.4 Å². The lowest BCUT2D eigenvalue weighted by Crippen LogP contribution is -2.25. The minimum Gasteiger partial charge on any atom is -0.484 e. The molecule has 0 saturated carbocycles. The van der Waals surface area contributed by atoms with Gasteiger partial charge in [0.1, 0.15) is 12.4 Å². The zero-order valence-electron chi connectivity index (χ0n) is 16.2. The zero-order chi connectivity index (χ0) is 20.9. The molecule has 154 valence electrons. The maximum Gasteiger partial charge on any atom is 0.275 e. The fourth-order valence-electron chi connectivity index (χ4n) is 3.23. The number of hydrogen-bond donors (Lipinski definition) is 2. The lowest BCUT2D eigenvalue weighted by molar-refractivity contribution is 0.0940. The Bertz CT molecular complexity index is 1050. The van der Waals surface area contributed by atoms with Gasteiger partial charge in [-0.1, -0.05) is 42.5 Å². The molecule has 0 unspecified atom stereocenters. The number of benzene rings is 2. The summed E-state index contributed by atoms with van der Waals surface area (Å²) < 4.78 is 20.5. The SMILES string of the molecule is O=C(NCc1ccc(F)cc1)c1nn2c(c1OCc1ccccc1)C(=O)NCCC2. The van der Waals surface area contributed by atoms with Crippen LogP contribution in [0.4, 0.5) is 4.39 Å². The van der Waals surface area contributed by atoms with Crippen LogP contribution in [0, 0.1) is 5.82 Å². The van der Waals surface area contributed by atoms with Crippen molar-refractivity contribution in [3.05, 3.63) is 82.9 Å². The average molecular weight is 408 g/mol. The number of amides is 2. The Kier molecular flexibility index (Phi) is 5.74. The first-order valence-corrected chi connectivity index (χ1v) is 9.70. The van der Waals surface area contributed by atoms with Gasteiger partial charge in [-0.2, -0.15) is 5.10 Å². The molecule has 0 bridgehead atoms. The summed E-state index contributed by atoms with van der Waals surface area (Å²) in [6, 6.07) is 15.3. The number of hydrogen-bond acceptors (Lipinski definition) is 4. The predicted molar refractivity (Wildman–Crippen MR) is 108 cm³/mol. The molecule has 3 aromatic rings. The van der Waals surface area contributed by atoms with Gasteiger partial charge in [0, 0.05) is 19.6 Å². The third kappa shape index (κ3) is 4.32. The fraction of sp³-hybridized carbons (Fsp3) is 0.227. The van der Waals surface area contributed by atoms with Gasteiger partial charge in [-0.3, -0.25) is 14.3 Å². The normalized spacial score (nSPS) is 13.2. The van der Waals surface area contributed by atoms with Crippen molar-refractivity contribution in [3.8, 4) is 5.75 Å². The van der Waals surface area contributed by atoms with Crippen molar-refractivity contribution < 1.29 is 18.7 Å². The monoisotopic (exact) mass is 408 g/mol. The van der Waals surface area contributed by atoms with Gasteiger partial charge < -0.3 is 15.4 Å². The van der Waals surface area contributed by atoms with Crippen LogP contribution in [0.2, 0.25) is 0 Å². The van der Waals surface area contributed by atoms with E-state index < -0.39 is 5.91 Å². The van der Waals surface area contributed by atoms with Crippen molar-refractivity contribution in [1.82, 2.24) is 20.4 Å². The van der Waals surface area contributed by atoms with Crippen LogP contribution in [-0.4, -0.2) is 28.1 Å². The molecule has 0 aliphatic carbocycles. The number of ether oxygens (including phenoxy) is 1. The van der Waals surface area contributed by atoms with E-state index >= 15 is 0 Å². The highest BCUT2D eigenvalue weighted by Gasteiger charge is 2.30.